The molecule has 0 saturated carbocycles. The first-order valence-electron chi connectivity index (χ1n) is 12.8. The summed E-state index contributed by atoms with van der Waals surface area (Å²) in [5, 5.41) is 3.72. The predicted octanol–water partition coefficient (Wildman–Crippen LogP) is 5.78. The molecule has 2 aromatic carbocycles. The lowest BCUT2D eigenvalue weighted by molar-refractivity contribution is 0.346. The molecule has 2 N–H and O–H groups in total. The number of piperidine rings is 1. The van der Waals surface area contributed by atoms with Crippen molar-refractivity contribution >= 4 is 55.2 Å². The van der Waals surface area contributed by atoms with Gasteiger partial charge in [-0.1, -0.05) is 43.1 Å². The van der Waals surface area contributed by atoms with Crippen molar-refractivity contribution in [1.82, 2.24) is 14.3 Å². The van der Waals surface area contributed by atoms with E-state index in [1.54, 1.807) is 47.8 Å². The Balaban J connectivity index is 1.55. The third-order valence-electron chi connectivity index (χ3n) is 6.23. The zero-order valence-corrected chi connectivity index (χ0v) is 25.1. The molecule has 13 heteroatoms. The van der Waals surface area contributed by atoms with Crippen LogP contribution in [0.3, 0.4) is 0 Å². The number of hydrogen-bond acceptors (Lipinski definition) is 8. The molecule has 3 aromatic rings. The van der Waals surface area contributed by atoms with Crippen LogP contribution in [0.2, 0.25) is 5.02 Å². The van der Waals surface area contributed by atoms with Crippen LogP contribution < -0.4 is 10.0 Å². The van der Waals surface area contributed by atoms with Crippen molar-refractivity contribution in [2.75, 3.05) is 29.7 Å². The van der Waals surface area contributed by atoms with Crippen molar-refractivity contribution in [2.45, 2.75) is 65.5 Å². The van der Waals surface area contributed by atoms with Gasteiger partial charge in [0.05, 0.1) is 14.7 Å². The highest BCUT2D eigenvalue weighted by atomic mass is 35.5. The second kappa shape index (κ2) is 12.9. The lowest BCUT2D eigenvalue weighted by Gasteiger charge is -2.25. The molecule has 1 aliphatic heterocycles. The molecule has 0 spiro atoms. The first-order chi connectivity index (χ1) is 18.6. The van der Waals surface area contributed by atoms with Crippen molar-refractivity contribution in [3.8, 4) is 0 Å². The van der Waals surface area contributed by atoms with Gasteiger partial charge in [-0.25, -0.2) is 26.5 Å². The number of aromatic nitrogens is 2. The van der Waals surface area contributed by atoms with Crippen LogP contribution in [0.25, 0.3) is 0 Å². The van der Waals surface area contributed by atoms with Gasteiger partial charge in [0.2, 0.25) is 16.0 Å². The fraction of sp³-hybridized carbons (Fsp3) is 0.385. The minimum absolute atomic E-state index is 0.0596. The maximum atomic E-state index is 13.0. The topological polar surface area (TPSA) is 121 Å². The molecule has 0 aliphatic carbocycles. The Morgan fingerprint density at radius 1 is 1.03 bits per heavy atom. The van der Waals surface area contributed by atoms with E-state index in [-0.39, 0.29) is 15.7 Å². The summed E-state index contributed by atoms with van der Waals surface area (Å²) in [7, 11) is -7.44. The van der Waals surface area contributed by atoms with Crippen molar-refractivity contribution < 1.29 is 16.8 Å². The van der Waals surface area contributed by atoms with Gasteiger partial charge in [0.25, 0.3) is 10.0 Å². The summed E-state index contributed by atoms with van der Waals surface area (Å²) in [6.07, 6.45) is 6.25. The Hall–Kier alpha value is -2.38. The Bertz CT molecular complexity index is 1510. The molecule has 0 atom stereocenters. The Kier molecular flexibility index (Phi) is 9.76. The Labute approximate surface area is 239 Å². The second-order valence-electron chi connectivity index (χ2n) is 9.24. The van der Waals surface area contributed by atoms with Gasteiger partial charge >= 0.3 is 0 Å². The van der Waals surface area contributed by atoms with Crippen LogP contribution in [0.5, 0.6) is 0 Å². The molecule has 9 nitrogen and oxygen atoms in total. The molecular formula is C26H32ClN5O4S3. The van der Waals surface area contributed by atoms with Gasteiger partial charge < -0.3 is 5.32 Å². The Morgan fingerprint density at radius 3 is 2.41 bits per heavy atom. The number of halogens is 1. The lowest BCUT2D eigenvalue weighted by Crippen LogP contribution is -2.35. The summed E-state index contributed by atoms with van der Waals surface area (Å²) in [6.45, 7) is 5.50. The predicted molar refractivity (Wildman–Crippen MR) is 156 cm³/mol. The number of anilines is 2. The smallest absolute Gasteiger partial charge is 0.264 e. The zero-order chi connectivity index (χ0) is 28.0. The first kappa shape index (κ1) is 29.6. The molecule has 1 aromatic heterocycles. The minimum Gasteiger partial charge on any atom is -0.369 e. The summed E-state index contributed by atoms with van der Waals surface area (Å²) < 4.78 is 56.0. The van der Waals surface area contributed by atoms with E-state index in [0.29, 0.717) is 40.9 Å². The van der Waals surface area contributed by atoms with Crippen molar-refractivity contribution in [3.05, 3.63) is 59.2 Å². The minimum atomic E-state index is -3.93. The maximum Gasteiger partial charge on any atom is 0.264 e. The van der Waals surface area contributed by atoms with Crippen LogP contribution >= 0.6 is 23.4 Å². The molecule has 0 unspecified atom stereocenters. The normalized spacial score (nSPS) is 14.7. The highest BCUT2D eigenvalue weighted by Gasteiger charge is 2.26. The van der Waals surface area contributed by atoms with Gasteiger partial charge in [-0.2, -0.15) is 9.29 Å². The van der Waals surface area contributed by atoms with E-state index in [2.05, 4.69) is 26.9 Å². The number of benzene rings is 2. The molecule has 0 radical (unpaired) electrons. The number of hydrogen-bond donors (Lipinski definition) is 2. The molecule has 210 valence electrons. The van der Waals surface area contributed by atoms with Gasteiger partial charge in [0.1, 0.15) is 5.82 Å². The van der Waals surface area contributed by atoms with Crippen molar-refractivity contribution in [3.63, 3.8) is 0 Å². The molecule has 39 heavy (non-hydrogen) atoms. The summed E-state index contributed by atoms with van der Waals surface area (Å²) in [5.41, 5.74) is 0.509. The van der Waals surface area contributed by atoms with Gasteiger partial charge in [-0.3, -0.25) is 0 Å². The fourth-order valence-electron chi connectivity index (χ4n) is 4.16. The first-order valence-corrected chi connectivity index (χ1v) is 16.9. The SMILES string of the molecule is CCCCNc1nc(NS(=O)(=O)c2ccc(Cl)cc2C)ncc1Sc1ccc(S(=O)(=O)N2CCCCC2)cc1. The molecule has 1 fully saturated rings. The average molecular weight is 610 g/mol. The molecule has 1 aliphatic rings. The summed E-state index contributed by atoms with van der Waals surface area (Å²) in [5.74, 6) is 0.426. The molecule has 2 heterocycles. The summed E-state index contributed by atoms with van der Waals surface area (Å²) in [6, 6.07) is 11.3. The van der Waals surface area contributed by atoms with E-state index >= 15 is 0 Å². The second-order valence-corrected chi connectivity index (χ2v) is 14.4. The van der Waals surface area contributed by atoms with Gasteiger partial charge in [-0.05, 0) is 74.2 Å². The highest BCUT2D eigenvalue weighted by molar-refractivity contribution is 7.99. The molecule has 4 rings (SSSR count). The third-order valence-corrected chi connectivity index (χ3v) is 10.9. The average Bonchev–Trinajstić information content (AvgIpc) is 2.90. The van der Waals surface area contributed by atoms with Crippen LogP contribution in [-0.4, -0.2) is 50.7 Å². The zero-order valence-electron chi connectivity index (χ0n) is 21.9. The Morgan fingerprint density at radius 2 is 1.74 bits per heavy atom. The van der Waals surface area contributed by atoms with Gasteiger partial charge in [0.15, 0.2) is 0 Å². The van der Waals surface area contributed by atoms with E-state index in [9.17, 15) is 16.8 Å². The number of nitrogens with one attached hydrogen (secondary N) is 2. The van der Waals surface area contributed by atoms with Crippen LogP contribution in [0.4, 0.5) is 11.8 Å². The van der Waals surface area contributed by atoms with Gasteiger partial charge in [-0.15, -0.1) is 0 Å². The number of unbranched alkanes of at least 4 members (excludes halogenated alkanes) is 1. The number of sulfonamides is 2. The van der Waals surface area contributed by atoms with Crippen LogP contribution in [0.15, 0.2) is 68.2 Å². The number of nitrogens with zero attached hydrogens (tertiary/aromatic N) is 3. The third kappa shape index (κ3) is 7.43. The van der Waals surface area contributed by atoms with Crippen LogP contribution in [-0.2, 0) is 20.0 Å². The number of aryl methyl sites for hydroxylation is 1. The monoisotopic (exact) mass is 609 g/mol. The van der Waals surface area contributed by atoms with E-state index in [4.69, 9.17) is 11.6 Å². The quantitative estimate of drug-likeness (QED) is 0.263. The fourth-order valence-corrected chi connectivity index (χ4v) is 7.92. The molecular weight excluding hydrogens is 578 g/mol. The summed E-state index contributed by atoms with van der Waals surface area (Å²) in [4.78, 5) is 10.6. The van der Waals surface area contributed by atoms with E-state index < -0.39 is 20.0 Å². The van der Waals surface area contributed by atoms with Gasteiger partial charge in [0, 0.05) is 35.7 Å². The van der Waals surface area contributed by atoms with Crippen molar-refractivity contribution in [1.29, 1.82) is 0 Å². The maximum absolute atomic E-state index is 13.0. The van der Waals surface area contributed by atoms with Crippen LogP contribution in [0, 0.1) is 6.92 Å². The lowest BCUT2D eigenvalue weighted by atomic mass is 10.2. The number of rotatable bonds is 11. The molecule has 0 amide bonds. The van der Waals surface area contributed by atoms with E-state index in [1.165, 1.54) is 23.9 Å². The largest absolute Gasteiger partial charge is 0.369 e. The highest BCUT2D eigenvalue weighted by Crippen LogP contribution is 2.34. The van der Waals surface area contributed by atoms with E-state index in [1.807, 2.05) is 0 Å². The summed E-state index contributed by atoms with van der Waals surface area (Å²) >= 11 is 7.34. The van der Waals surface area contributed by atoms with E-state index in [0.717, 1.165) is 37.0 Å². The standard InChI is InChI=1S/C26H32ClN5O4S3/c1-3-4-14-28-25-23(18-29-26(30-25)31-38(33,34)24-13-8-20(27)17-19(24)2)37-21-9-11-22(12-10-21)39(35,36)32-15-6-5-7-16-32/h8-13,17-18H,3-7,14-16H2,1-2H3,(H2,28,29,30,31). The van der Waals surface area contributed by atoms with Crippen LogP contribution in [0.1, 0.15) is 44.6 Å². The molecule has 1 saturated heterocycles. The molecule has 0 bridgehead atoms. The van der Waals surface area contributed by atoms with Crippen molar-refractivity contribution in [2.24, 2.45) is 0 Å².